The second-order valence-electron chi connectivity index (χ2n) is 3.91. The third-order valence-corrected chi connectivity index (χ3v) is 3.38. The van der Waals surface area contributed by atoms with Crippen LogP contribution in [0.4, 0.5) is 5.00 Å². The van der Waals surface area contributed by atoms with E-state index in [1.54, 1.807) is 14.2 Å². The number of hydrogen-bond acceptors (Lipinski definition) is 7. The smallest absolute Gasteiger partial charge is 0.134 e. The molecule has 1 heterocycles. The second-order valence-corrected chi connectivity index (χ2v) is 4.67. The summed E-state index contributed by atoms with van der Waals surface area (Å²) in [6.07, 6.45) is 1.01. The standard InChI is InChI=1S/C11H22N4O2S/c1-12-11-10(13-14-18-11)9-15(6-8-17-3)5-4-7-16-2/h12H,4-9H2,1-3H3. The van der Waals surface area contributed by atoms with Crippen molar-refractivity contribution in [3.8, 4) is 0 Å². The summed E-state index contributed by atoms with van der Waals surface area (Å²) < 4.78 is 14.2. The molecular formula is C11H22N4O2S. The summed E-state index contributed by atoms with van der Waals surface area (Å²) in [6, 6.07) is 0. The fourth-order valence-electron chi connectivity index (χ4n) is 1.64. The monoisotopic (exact) mass is 274 g/mol. The van der Waals surface area contributed by atoms with Crippen LogP contribution in [0.15, 0.2) is 0 Å². The number of nitrogens with zero attached hydrogens (tertiary/aromatic N) is 3. The fourth-order valence-corrected chi connectivity index (χ4v) is 2.16. The molecule has 1 N–H and O–H groups in total. The number of ether oxygens (including phenoxy) is 2. The first-order valence-corrected chi connectivity index (χ1v) is 6.78. The highest BCUT2D eigenvalue weighted by Crippen LogP contribution is 2.18. The van der Waals surface area contributed by atoms with E-state index >= 15 is 0 Å². The third-order valence-electron chi connectivity index (χ3n) is 2.59. The molecule has 0 saturated heterocycles. The van der Waals surface area contributed by atoms with Crippen molar-refractivity contribution in [1.29, 1.82) is 0 Å². The molecule has 1 rings (SSSR count). The summed E-state index contributed by atoms with van der Waals surface area (Å²) >= 11 is 1.39. The Morgan fingerprint density at radius 3 is 2.67 bits per heavy atom. The molecule has 0 aliphatic heterocycles. The van der Waals surface area contributed by atoms with Gasteiger partial charge >= 0.3 is 0 Å². The Hall–Kier alpha value is -0.760. The lowest BCUT2D eigenvalue weighted by Crippen LogP contribution is -2.29. The molecule has 1 aromatic heterocycles. The average Bonchev–Trinajstić information content (AvgIpc) is 2.83. The van der Waals surface area contributed by atoms with Crippen LogP contribution in [0.1, 0.15) is 12.1 Å². The number of rotatable bonds is 10. The number of nitrogens with one attached hydrogen (secondary N) is 1. The molecule has 0 spiro atoms. The van der Waals surface area contributed by atoms with Crippen molar-refractivity contribution in [3.05, 3.63) is 5.69 Å². The van der Waals surface area contributed by atoms with Crippen molar-refractivity contribution in [2.75, 3.05) is 52.9 Å². The Labute approximate surface area is 112 Å². The van der Waals surface area contributed by atoms with E-state index < -0.39 is 0 Å². The van der Waals surface area contributed by atoms with Crippen LogP contribution in [-0.4, -0.2) is 62.1 Å². The molecule has 0 amide bonds. The molecule has 0 atom stereocenters. The van der Waals surface area contributed by atoms with E-state index in [2.05, 4.69) is 19.8 Å². The second kappa shape index (κ2) is 9.21. The van der Waals surface area contributed by atoms with E-state index in [0.717, 1.165) is 50.0 Å². The van der Waals surface area contributed by atoms with Crippen LogP contribution in [0.3, 0.4) is 0 Å². The van der Waals surface area contributed by atoms with Crippen LogP contribution in [-0.2, 0) is 16.0 Å². The minimum absolute atomic E-state index is 0.722. The molecule has 18 heavy (non-hydrogen) atoms. The molecule has 0 radical (unpaired) electrons. The highest BCUT2D eigenvalue weighted by Gasteiger charge is 2.12. The molecule has 0 aliphatic rings. The molecule has 104 valence electrons. The van der Waals surface area contributed by atoms with Gasteiger partial charge in [-0.15, -0.1) is 5.10 Å². The zero-order valence-electron chi connectivity index (χ0n) is 11.3. The maximum absolute atomic E-state index is 5.13. The first kappa shape index (κ1) is 15.3. The van der Waals surface area contributed by atoms with Gasteiger partial charge in [0.05, 0.1) is 6.61 Å². The number of hydrogen-bond donors (Lipinski definition) is 1. The van der Waals surface area contributed by atoms with Crippen LogP contribution in [0.5, 0.6) is 0 Å². The van der Waals surface area contributed by atoms with Crippen molar-refractivity contribution in [2.45, 2.75) is 13.0 Å². The fraction of sp³-hybridized carbons (Fsp3) is 0.818. The SMILES string of the molecule is CNc1snnc1CN(CCCOC)CCOC. The molecule has 6 nitrogen and oxygen atoms in total. The first-order chi connectivity index (χ1) is 8.81. The van der Waals surface area contributed by atoms with Crippen LogP contribution < -0.4 is 5.32 Å². The summed E-state index contributed by atoms with van der Waals surface area (Å²) in [5.41, 5.74) is 0.996. The Bertz CT molecular complexity index is 322. The Morgan fingerprint density at radius 1 is 1.22 bits per heavy atom. The summed E-state index contributed by atoms with van der Waals surface area (Å²) in [6.45, 7) is 4.15. The lowest BCUT2D eigenvalue weighted by Gasteiger charge is -2.21. The minimum atomic E-state index is 0.722. The van der Waals surface area contributed by atoms with E-state index in [0.29, 0.717) is 0 Å². The third kappa shape index (κ3) is 5.26. The highest BCUT2D eigenvalue weighted by molar-refractivity contribution is 7.10. The van der Waals surface area contributed by atoms with E-state index in [1.165, 1.54) is 11.5 Å². The lowest BCUT2D eigenvalue weighted by molar-refractivity contribution is 0.128. The van der Waals surface area contributed by atoms with E-state index in [1.807, 2.05) is 7.05 Å². The van der Waals surface area contributed by atoms with Crippen molar-refractivity contribution >= 4 is 16.5 Å². The van der Waals surface area contributed by atoms with E-state index in [4.69, 9.17) is 9.47 Å². The topological polar surface area (TPSA) is 59.5 Å². The van der Waals surface area contributed by atoms with Gasteiger partial charge in [0.25, 0.3) is 0 Å². The molecule has 0 aromatic carbocycles. The normalized spacial score (nSPS) is 11.1. The molecule has 0 bridgehead atoms. The number of methoxy groups -OCH3 is 2. The predicted molar refractivity (Wildman–Crippen MR) is 73.1 cm³/mol. The predicted octanol–water partition coefficient (Wildman–Crippen LogP) is 1.06. The number of anilines is 1. The van der Waals surface area contributed by atoms with Crippen molar-refractivity contribution < 1.29 is 9.47 Å². The van der Waals surface area contributed by atoms with Gasteiger partial charge in [0.2, 0.25) is 0 Å². The highest BCUT2D eigenvalue weighted by atomic mass is 32.1. The summed E-state index contributed by atoms with van der Waals surface area (Å²) in [4.78, 5) is 2.31. The van der Waals surface area contributed by atoms with Gasteiger partial charge in [-0.2, -0.15) is 0 Å². The van der Waals surface area contributed by atoms with Gasteiger partial charge in [-0.05, 0) is 6.42 Å². The molecule has 0 unspecified atom stereocenters. The van der Waals surface area contributed by atoms with Gasteiger partial charge in [0, 0.05) is 59.0 Å². The van der Waals surface area contributed by atoms with Gasteiger partial charge < -0.3 is 14.8 Å². The Kier molecular flexibility index (Phi) is 7.83. The maximum Gasteiger partial charge on any atom is 0.134 e. The van der Waals surface area contributed by atoms with Crippen molar-refractivity contribution in [3.63, 3.8) is 0 Å². The Balaban J connectivity index is 2.48. The molecular weight excluding hydrogens is 252 g/mol. The summed E-state index contributed by atoms with van der Waals surface area (Å²) in [7, 11) is 5.34. The molecule has 0 fully saturated rings. The van der Waals surface area contributed by atoms with E-state index in [9.17, 15) is 0 Å². The number of aromatic nitrogens is 2. The van der Waals surface area contributed by atoms with Gasteiger partial charge in [0.15, 0.2) is 0 Å². The average molecular weight is 274 g/mol. The molecule has 0 aliphatic carbocycles. The maximum atomic E-state index is 5.13. The first-order valence-electron chi connectivity index (χ1n) is 6.01. The largest absolute Gasteiger partial charge is 0.385 e. The minimum Gasteiger partial charge on any atom is -0.385 e. The van der Waals surface area contributed by atoms with Crippen LogP contribution in [0.2, 0.25) is 0 Å². The van der Waals surface area contributed by atoms with Crippen LogP contribution in [0.25, 0.3) is 0 Å². The van der Waals surface area contributed by atoms with Gasteiger partial charge in [-0.1, -0.05) is 4.49 Å². The quantitative estimate of drug-likeness (QED) is 0.644. The summed E-state index contributed by atoms with van der Waals surface area (Å²) in [5.74, 6) is 0. The molecule has 0 saturated carbocycles. The molecule has 7 heteroatoms. The molecule has 1 aromatic rings. The Morgan fingerprint density at radius 2 is 2.00 bits per heavy atom. The van der Waals surface area contributed by atoms with Gasteiger partial charge in [-0.25, -0.2) is 0 Å². The van der Waals surface area contributed by atoms with Gasteiger partial charge in [-0.3, -0.25) is 4.90 Å². The summed E-state index contributed by atoms with van der Waals surface area (Å²) in [5, 5.41) is 8.30. The van der Waals surface area contributed by atoms with Crippen LogP contribution in [0, 0.1) is 0 Å². The van der Waals surface area contributed by atoms with Crippen molar-refractivity contribution in [1.82, 2.24) is 14.5 Å². The lowest BCUT2D eigenvalue weighted by atomic mass is 10.3. The zero-order chi connectivity index (χ0) is 13.2. The van der Waals surface area contributed by atoms with Crippen molar-refractivity contribution in [2.24, 2.45) is 0 Å². The van der Waals surface area contributed by atoms with E-state index in [-0.39, 0.29) is 0 Å². The van der Waals surface area contributed by atoms with Crippen LogP contribution >= 0.6 is 11.5 Å². The zero-order valence-corrected chi connectivity index (χ0v) is 12.1. The van der Waals surface area contributed by atoms with Gasteiger partial charge in [0.1, 0.15) is 10.7 Å².